The van der Waals surface area contributed by atoms with Gasteiger partial charge in [-0.1, -0.05) is 36.4 Å². The lowest BCUT2D eigenvalue weighted by molar-refractivity contribution is 0.0772. The molecule has 2 heterocycles. The first-order chi connectivity index (χ1) is 10.2. The van der Waals surface area contributed by atoms with E-state index < -0.39 is 0 Å². The van der Waals surface area contributed by atoms with Gasteiger partial charge in [0.05, 0.1) is 5.56 Å². The summed E-state index contributed by atoms with van der Waals surface area (Å²) in [5, 5.41) is 0. The van der Waals surface area contributed by atoms with Crippen LogP contribution < -0.4 is 0 Å². The van der Waals surface area contributed by atoms with Crippen molar-refractivity contribution >= 4 is 27.4 Å². The molecule has 0 bridgehead atoms. The van der Waals surface area contributed by atoms with E-state index in [0.717, 1.165) is 17.6 Å². The number of hydrogen-bond acceptors (Lipinski definition) is 2. The predicted octanol–water partition coefficient (Wildman–Crippen LogP) is 3.77. The van der Waals surface area contributed by atoms with Gasteiger partial charge in [0.2, 0.25) is 0 Å². The first-order valence-corrected chi connectivity index (χ1v) is 7.68. The summed E-state index contributed by atoms with van der Waals surface area (Å²) in [5.41, 5.74) is 3.19. The van der Waals surface area contributed by atoms with Crippen LogP contribution >= 0.6 is 15.9 Å². The van der Waals surface area contributed by atoms with Crippen molar-refractivity contribution in [2.24, 2.45) is 0 Å². The number of amides is 1. The van der Waals surface area contributed by atoms with Crippen LogP contribution in [0.15, 0.2) is 59.3 Å². The minimum Gasteiger partial charge on any atom is -0.335 e. The SMILES string of the molecule is O=C(c1ccc(Br)nc1)N1CC=C(c2ccccc2)CC1. The predicted molar refractivity (Wildman–Crippen MR) is 86.9 cm³/mol. The second-order valence-corrected chi connectivity index (χ2v) is 5.78. The summed E-state index contributed by atoms with van der Waals surface area (Å²) in [6, 6.07) is 13.9. The summed E-state index contributed by atoms with van der Waals surface area (Å²) in [5.74, 6) is 0.0401. The molecule has 3 nitrogen and oxygen atoms in total. The van der Waals surface area contributed by atoms with E-state index in [1.807, 2.05) is 23.1 Å². The highest BCUT2D eigenvalue weighted by Crippen LogP contribution is 2.23. The lowest BCUT2D eigenvalue weighted by atomic mass is 9.99. The number of halogens is 1. The van der Waals surface area contributed by atoms with Gasteiger partial charge >= 0.3 is 0 Å². The highest BCUT2D eigenvalue weighted by Gasteiger charge is 2.19. The number of hydrogen-bond donors (Lipinski definition) is 0. The summed E-state index contributed by atoms with van der Waals surface area (Å²) in [6.07, 6.45) is 4.64. The van der Waals surface area contributed by atoms with Crippen LogP contribution in [0.2, 0.25) is 0 Å². The van der Waals surface area contributed by atoms with E-state index in [-0.39, 0.29) is 5.91 Å². The number of carbonyl (C=O) groups excluding carboxylic acids is 1. The molecule has 0 radical (unpaired) electrons. The van der Waals surface area contributed by atoms with E-state index in [1.165, 1.54) is 11.1 Å². The van der Waals surface area contributed by atoms with Crippen LogP contribution in [0.3, 0.4) is 0 Å². The summed E-state index contributed by atoms with van der Waals surface area (Å²) in [6.45, 7) is 1.40. The Morgan fingerprint density at radius 3 is 2.57 bits per heavy atom. The largest absolute Gasteiger partial charge is 0.335 e. The van der Waals surface area contributed by atoms with Crippen LogP contribution in [-0.2, 0) is 0 Å². The maximum absolute atomic E-state index is 12.4. The molecule has 0 fully saturated rings. The van der Waals surface area contributed by atoms with Crippen molar-refractivity contribution in [1.29, 1.82) is 0 Å². The van der Waals surface area contributed by atoms with Gasteiger partial charge in [-0.2, -0.15) is 0 Å². The molecule has 2 aromatic rings. The standard InChI is InChI=1S/C17H15BrN2O/c18-16-7-6-15(12-19-16)17(21)20-10-8-14(9-11-20)13-4-2-1-3-5-13/h1-8,12H,9-11H2. The maximum Gasteiger partial charge on any atom is 0.255 e. The maximum atomic E-state index is 12.4. The number of rotatable bonds is 2. The minimum atomic E-state index is 0.0401. The normalized spacial score (nSPS) is 14.7. The molecule has 0 saturated heterocycles. The third-order valence-corrected chi connectivity index (χ3v) is 4.08. The van der Waals surface area contributed by atoms with E-state index in [1.54, 1.807) is 18.3 Å². The first kappa shape index (κ1) is 14.0. The van der Waals surface area contributed by atoms with Crippen molar-refractivity contribution in [2.75, 3.05) is 13.1 Å². The van der Waals surface area contributed by atoms with Gasteiger partial charge in [-0.15, -0.1) is 0 Å². The molecule has 1 aliphatic rings. The topological polar surface area (TPSA) is 33.2 Å². The third-order valence-electron chi connectivity index (χ3n) is 3.62. The van der Waals surface area contributed by atoms with Crippen LogP contribution in [0.25, 0.3) is 5.57 Å². The molecule has 0 aliphatic carbocycles. The van der Waals surface area contributed by atoms with Gasteiger partial charge in [-0.05, 0) is 45.6 Å². The molecule has 1 amide bonds. The Labute approximate surface area is 132 Å². The Balaban J connectivity index is 1.72. The molecule has 3 rings (SSSR count). The second-order valence-electron chi connectivity index (χ2n) is 4.97. The zero-order chi connectivity index (χ0) is 14.7. The number of benzene rings is 1. The highest BCUT2D eigenvalue weighted by atomic mass is 79.9. The van der Waals surface area contributed by atoms with Gasteiger partial charge in [-0.25, -0.2) is 4.98 Å². The van der Waals surface area contributed by atoms with Crippen molar-refractivity contribution in [2.45, 2.75) is 6.42 Å². The van der Waals surface area contributed by atoms with Crippen LogP contribution in [0.1, 0.15) is 22.3 Å². The van der Waals surface area contributed by atoms with Crippen LogP contribution in [0.4, 0.5) is 0 Å². The van der Waals surface area contributed by atoms with Gasteiger partial charge < -0.3 is 4.90 Å². The lowest BCUT2D eigenvalue weighted by Gasteiger charge is -2.26. The molecule has 0 N–H and O–H groups in total. The van der Waals surface area contributed by atoms with E-state index in [2.05, 4.69) is 39.1 Å². The average Bonchev–Trinajstić information content (AvgIpc) is 2.56. The molecule has 1 aliphatic heterocycles. The summed E-state index contributed by atoms with van der Waals surface area (Å²) < 4.78 is 0.740. The van der Waals surface area contributed by atoms with Crippen molar-refractivity contribution in [3.63, 3.8) is 0 Å². The fraction of sp³-hybridized carbons (Fsp3) is 0.176. The summed E-state index contributed by atoms with van der Waals surface area (Å²) in [4.78, 5) is 18.4. The average molecular weight is 343 g/mol. The monoisotopic (exact) mass is 342 g/mol. The molecule has 0 atom stereocenters. The Morgan fingerprint density at radius 2 is 1.95 bits per heavy atom. The fourth-order valence-electron chi connectivity index (χ4n) is 2.45. The molecule has 0 saturated carbocycles. The van der Waals surface area contributed by atoms with Gasteiger partial charge in [-0.3, -0.25) is 4.79 Å². The van der Waals surface area contributed by atoms with E-state index in [0.29, 0.717) is 12.1 Å². The van der Waals surface area contributed by atoms with Crippen LogP contribution in [-0.4, -0.2) is 28.9 Å². The molecule has 4 heteroatoms. The minimum absolute atomic E-state index is 0.0401. The van der Waals surface area contributed by atoms with E-state index in [4.69, 9.17) is 0 Å². The van der Waals surface area contributed by atoms with Gasteiger partial charge in [0.25, 0.3) is 5.91 Å². The number of carbonyl (C=O) groups is 1. The van der Waals surface area contributed by atoms with Gasteiger partial charge in [0.15, 0.2) is 0 Å². The fourth-order valence-corrected chi connectivity index (χ4v) is 2.69. The molecular weight excluding hydrogens is 328 g/mol. The highest BCUT2D eigenvalue weighted by molar-refractivity contribution is 9.10. The third kappa shape index (κ3) is 3.22. The molecule has 0 spiro atoms. The quantitative estimate of drug-likeness (QED) is 0.778. The van der Waals surface area contributed by atoms with Crippen molar-refractivity contribution in [1.82, 2.24) is 9.88 Å². The molecule has 0 unspecified atom stereocenters. The van der Waals surface area contributed by atoms with Crippen LogP contribution in [0, 0.1) is 0 Å². The van der Waals surface area contributed by atoms with Crippen molar-refractivity contribution in [3.8, 4) is 0 Å². The lowest BCUT2D eigenvalue weighted by Crippen LogP contribution is -2.34. The number of nitrogens with zero attached hydrogens (tertiary/aromatic N) is 2. The summed E-state index contributed by atoms with van der Waals surface area (Å²) in [7, 11) is 0. The smallest absolute Gasteiger partial charge is 0.255 e. The number of aromatic nitrogens is 1. The zero-order valence-corrected chi connectivity index (χ0v) is 13.1. The van der Waals surface area contributed by atoms with Gasteiger partial charge in [0.1, 0.15) is 4.60 Å². The molecule has 1 aromatic heterocycles. The summed E-state index contributed by atoms with van der Waals surface area (Å²) >= 11 is 3.28. The molecule has 106 valence electrons. The van der Waals surface area contributed by atoms with Crippen LogP contribution in [0.5, 0.6) is 0 Å². The second kappa shape index (κ2) is 6.22. The van der Waals surface area contributed by atoms with E-state index >= 15 is 0 Å². The first-order valence-electron chi connectivity index (χ1n) is 6.89. The van der Waals surface area contributed by atoms with Crippen molar-refractivity contribution < 1.29 is 4.79 Å². The Bertz CT molecular complexity index is 665. The Hall–Kier alpha value is -1.94. The molecule has 1 aromatic carbocycles. The van der Waals surface area contributed by atoms with E-state index in [9.17, 15) is 4.79 Å². The zero-order valence-electron chi connectivity index (χ0n) is 11.5. The van der Waals surface area contributed by atoms with Gasteiger partial charge in [0, 0.05) is 19.3 Å². The Kier molecular flexibility index (Phi) is 4.15. The number of pyridine rings is 1. The molecule has 21 heavy (non-hydrogen) atoms. The molecular formula is C17H15BrN2O. The van der Waals surface area contributed by atoms with Crippen molar-refractivity contribution in [3.05, 3.63) is 70.5 Å². The Morgan fingerprint density at radius 1 is 1.14 bits per heavy atom.